The summed E-state index contributed by atoms with van der Waals surface area (Å²) in [6.07, 6.45) is 0. The fraction of sp³-hybridized carbons (Fsp3) is 0.350. The highest BCUT2D eigenvalue weighted by Gasteiger charge is 2.33. The lowest BCUT2D eigenvalue weighted by molar-refractivity contribution is -0.145. The van der Waals surface area contributed by atoms with E-state index in [9.17, 15) is 4.79 Å². The molecule has 0 N–H and O–H groups in total. The van der Waals surface area contributed by atoms with Gasteiger partial charge in [0.05, 0.1) is 0 Å². The second-order valence-corrected chi connectivity index (χ2v) is 6.35. The highest BCUT2D eigenvalue weighted by molar-refractivity contribution is 5.85. The standard InChI is InChI=1S/C20H23NO3/c1-14(2)21(3)12-13-23-20(22)19-15-8-4-6-10-17(15)24-18-11-7-5-9-16(18)19/h4-11,14,19H,12-13H2,1-3H3. The molecular weight excluding hydrogens is 302 g/mol. The molecule has 0 unspecified atom stereocenters. The minimum Gasteiger partial charge on any atom is -0.464 e. The molecule has 0 spiro atoms. The van der Waals surface area contributed by atoms with Gasteiger partial charge in [0.25, 0.3) is 0 Å². The molecule has 24 heavy (non-hydrogen) atoms. The molecule has 3 rings (SSSR count). The molecule has 2 aromatic carbocycles. The summed E-state index contributed by atoms with van der Waals surface area (Å²) in [6.45, 7) is 5.34. The van der Waals surface area contributed by atoms with Crippen molar-refractivity contribution in [2.45, 2.75) is 25.8 Å². The second kappa shape index (κ2) is 7.05. The van der Waals surface area contributed by atoms with Crippen molar-refractivity contribution >= 4 is 5.97 Å². The highest BCUT2D eigenvalue weighted by Crippen LogP contribution is 2.44. The van der Waals surface area contributed by atoms with Crippen LogP contribution in [0.1, 0.15) is 30.9 Å². The molecule has 0 saturated heterocycles. The Morgan fingerprint density at radius 2 is 1.62 bits per heavy atom. The topological polar surface area (TPSA) is 38.8 Å². The van der Waals surface area contributed by atoms with E-state index in [0.29, 0.717) is 12.6 Å². The first kappa shape index (κ1) is 16.5. The summed E-state index contributed by atoms with van der Waals surface area (Å²) in [5.41, 5.74) is 1.72. The van der Waals surface area contributed by atoms with Crippen molar-refractivity contribution in [2.24, 2.45) is 0 Å². The number of likely N-dealkylation sites (N-methyl/N-ethyl adjacent to an activating group) is 1. The van der Waals surface area contributed by atoms with Crippen molar-refractivity contribution in [1.29, 1.82) is 0 Å². The zero-order chi connectivity index (χ0) is 17.1. The number of benzene rings is 2. The van der Waals surface area contributed by atoms with Crippen LogP contribution in [0.25, 0.3) is 0 Å². The SMILES string of the molecule is CC(C)N(C)CCOC(=O)C1c2ccccc2Oc2ccccc21. The Kier molecular flexibility index (Phi) is 4.86. The van der Waals surface area contributed by atoms with Gasteiger partial charge in [-0.2, -0.15) is 0 Å². The van der Waals surface area contributed by atoms with E-state index in [4.69, 9.17) is 9.47 Å². The quantitative estimate of drug-likeness (QED) is 0.784. The molecule has 1 heterocycles. The number of carbonyl (C=O) groups excluding carboxylic acids is 1. The van der Waals surface area contributed by atoms with Gasteiger partial charge in [-0.3, -0.25) is 4.79 Å². The minimum absolute atomic E-state index is 0.227. The van der Waals surface area contributed by atoms with Crippen molar-refractivity contribution in [3.05, 3.63) is 59.7 Å². The Morgan fingerprint density at radius 1 is 1.08 bits per heavy atom. The predicted molar refractivity (Wildman–Crippen MR) is 93.5 cm³/mol. The van der Waals surface area contributed by atoms with Crippen molar-refractivity contribution in [1.82, 2.24) is 4.90 Å². The molecule has 0 aliphatic carbocycles. The third-order valence-electron chi connectivity index (χ3n) is 4.49. The minimum atomic E-state index is -0.435. The average Bonchev–Trinajstić information content (AvgIpc) is 2.59. The van der Waals surface area contributed by atoms with Gasteiger partial charge in [-0.1, -0.05) is 36.4 Å². The van der Waals surface area contributed by atoms with Gasteiger partial charge >= 0.3 is 5.97 Å². The van der Waals surface area contributed by atoms with Gasteiger partial charge in [0, 0.05) is 23.7 Å². The average molecular weight is 325 g/mol. The fourth-order valence-corrected chi connectivity index (χ4v) is 2.80. The fourth-order valence-electron chi connectivity index (χ4n) is 2.80. The summed E-state index contributed by atoms with van der Waals surface area (Å²) >= 11 is 0. The first-order chi connectivity index (χ1) is 11.6. The number of esters is 1. The van der Waals surface area contributed by atoms with Gasteiger partial charge in [0.2, 0.25) is 0 Å². The zero-order valence-electron chi connectivity index (χ0n) is 14.4. The number of rotatable bonds is 5. The van der Waals surface area contributed by atoms with E-state index in [1.54, 1.807) is 0 Å². The van der Waals surface area contributed by atoms with E-state index < -0.39 is 5.92 Å². The molecule has 0 fully saturated rings. The van der Waals surface area contributed by atoms with Gasteiger partial charge in [0.15, 0.2) is 0 Å². The third-order valence-corrected chi connectivity index (χ3v) is 4.49. The van der Waals surface area contributed by atoms with Gasteiger partial charge < -0.3 is 14.4 Å². The molecule has 0 bridgehead atoms. The summed E-state index contributed by atoms with van der Waals surface area (Å²) in [4.78, 5) is 14.9. The van der Waals surface area contributed by atoms with E-state index in [-0.39, 0.29) is 5.97 Å². The second-order valence-electron chi connectivity index (χ2n) is 6.35. The summed E-state index contributed by atoms with van der Waals surface area (Å²) < 4.78 is 11.5. The van der Waals surface area contributed by atoms with Crippen LogP contribution >= 0.6 is 0 Å². The predicted octanol–water partition coefficient (Wildman–Crippen LogP) is 3.81. The van der Waals surface area contributed by atoms with E-state index in [2.05, 4.69) is 18.7 Å². The Labute approximate surface area is 143 Å². The van der Waals surface area contributed by atoms with Crippen LogP contribution in [0.4, 0.5) is 0 Å². The molecule has 0 atom stereocenters. The highest BCUT2D eigenvalue weighted by atomic mass is 16.5. The van der Waals surface area contributed by atoms with Crippen LogP contribution in [0.15, 0.2) is 48.5 Å². The van der Waals surface area contributed by atoms with Crippen molar-refractivity contribution in [3.63, 3.8) is 0 Å². The number of hydrogen-bond acceptors (Lipinski definition) is 4. The van der Waals surface area contributed by atoms with Crippen molar-refractivity contribution in [2.75, 3.05) is 20.2 Å². The number of hydrogen-bond donors (Lipinski definition) is 0. The monoisotopic (exact) mass is 325 g/mol. The lowest BCUT2D eigenvalue weighted by atomic mass is 9.88. The molecule has 1 aliphatic rings. The van der Waals surface area contributed by atoms with Gasteiger partial charge in [-0.05, 0) is 33.0 Å². The zero-order valence-corrected chi connectivity index (χ0v) is 14.4. The maximum absolute atomic E-state index is 12.8. The van der Waals surface area contributed by atoms with Gasteiger partial charge in [-0.25, -0.2) is 0 Å². The Hall–Kier alpha value is -2.33. The number of para-hydroxylation sites is 2. The van der Waals surface area contributed by atoms with Gasteiger partial charge in [0.1, 0.15) is 24.0 Å². The maximum atomic E-state index is 12.8. The van der Waals surface area contributed by atoms with Crippen LogP contribution in [0.3, 0.4) is 0 Å². The van der Waals surface area contributed by atoms with Crippen LogP contribution in [0.5, 0.6) is 11.5 Å². The molecule has 4 nitrogen and oxygen atoms in total. The Balaban J connectivity index is 1.81. The first-order valence-electron chi connectivity index (χ1n) is 8.30. The summed E-state index contributed by atoms with van der Waals surface area (Å²) in [5, 5.41) is 0. The molecule has 0 amide bonds. The summed E-state index contributed by atoms with van der Waals surface area (Å²) in [7, 11) is 2.03. The molecule has 2 aromatic rings. The normalized spacial score (nSPS) is 13.4. The molecule has 0 saturated carbocycles. The molecule has 126 valence electrons. The smallest absolute Gasteiger partial charge is 0.318 e. The Bertz CT molecular complexity index is 681. The van der Waals surface area contributed by atoms with Crippen LogP contribution < -0.4 is 4.74 Å². The van der Waals surface area contributed by atoms with E-state index >= 15 is 0 Å². The number of nitrogens with zero attached hydrogens (tertiary/aromatic N) is 1. The lowest BCUT2D eigenvalue weighted by Crippen LogP contribution is -2.31. The molecular formula is C20H23NO3. The van der Waals surface area contributed by atoms with Crippen LogP contribution in [0.2, 0.25) is 0 Å². The maximum Gasteiger partial charge on any atom is 0.318 e. The number of ether oxygens (including phenoxy) is 2. The molecule has 4 heteroatoms. The molecule has 0 radical (unpaired) electrons. The summed E-state index contributed by atoms with van der Waals surface area (Å²) in [6, 6.07) is 15.7. The third kappa shape index (κ3) is 3.29. The van der Waals surface area contributed by atoms with Crippen LogP contribution in [-0.2, 0) is 9.53 Å². The largest absolute Gasteiger partial charge is 0.464 e. The van der Waals surface area contributed by atoms with E-state index in [0.717, 1.165) is 29.2 Å². The van der Waals surface area contributed by atoms with E-state index in [1.165, 1.54) is 0 Å². The first-order valence-corrected chi connectivity index (χ1v) is 8.30. The number of carbonyl (C=O) groups is 1. The van der Waals surface area contributed by atoms with Crippen LogP contribution in [-0.4, -0.2) is 37.1 Å². The molecule has 0 aromatic heterocycles. The lowest BCUT2D eigenvalue weighted by Gasteiger charge is -2.27. The van der Waals surface area contributed by atoms with Crippen LogP contribution in [0, 0.1) is 0 Å². The van der Waals surface area contributed by atoms with Crippen molar-refractivity contribution < 1.29 is 14.3 Å². The van der Waals surface area contributed by atoms with E-state index in [1.807, 2.05) is 55.6 Å². The number of fused-ring (bicyclic) bond motifs is 2. The van der Waals surface area contributed by atoms with Crippen molar-refractivity contribution in [3.8, 4) is 11.5 Å². The molecule has 1 aliphatic heterocycles. The summed E-state index contributed by atoms with van der Waals surface area (Å²) in [5.74, 6) is 0.778. The Morgan fingerprint density at radius 3 is 2.17 bits per heavy atom. The van der Waals surface area contributed by atoms with Gasteiger partial charge in [-0.15, -0.1) is 0 Å².